The van der Waals surface area contributed by atoms with E-state index in [1.807, 2.05) is 6.92 Å². The third-order valence-electron chi connectivity index (χ3n) is 3.26. The number of carbonyl (C=O) groups excluding carboxylic acids is 1. The number of pyridine rings is 1. The Labute approximate surface area is 146 Å². The molecule has 5 nitrogen and oxygen atoms in total. The number of nitrogens with one attached hydrogen (secondary N) is 1. The van der Waals surface area contributed by atoms with Crippen molar-refractivity contribution in [1.82, 2.24) is 10.3 Å². The molecule has 130 valence electrons. The van der Waals surface area contributed by atoms with Crippen LogP contribution < -0.4 is 15.8 Å². The standard InChI is InChI=1S/C17H20FN3O2.ClH/c1-2-4-15(19)17(22)21-10-12-6-7-16(14(18)9-12)23-13-5-3-8-20-11-13;/h3,5-9,11,15H,2,4,10,19H2,1H3,(H,21,22);1H. The minimum Gasteiger partial charge on any atom is -0.453 e. The Morgan fingerprint density at radius 1 is 1.42 bits per heavy atom. The molecular weight excluding hydrogens is 333 g/mol. The molecule has 3 N–H and O–H groups in total. The molecule has 24 heavy (non-hydrogen) atoms. The maximum absolute atomic E-state index is 14.1. The summed E-state index contributed by atoms with van der Waals surface area (Å²) in [5.41, 5.74) is 6.36. The molecule has 1 aromatic heterocycles. The Morgan fingerprint density at radius 2 is 2.21 bits per heavy atom. The molecule has 0 aliphatic carbocycles. The Balaban J connectivity index is 0.00000288. The van der Waals surface area contributed by atoms with Crippen LogP contribution in [-0.2, 0) is 11.3 Å². The SMILES string of the molecule is CCCC(N)C(=O)NCc1ccc(Oc2cccnc2)c(F)c1.Cl. The molecule has 0 fully saturated rings. The average molecular weight is 354 g/mol. The molecule has 1 heterocycles. The Kier molecular flexibility index (Phi) is 8.15. The Bertz CT molecular complexity index is 656. The van der Waals surface area contributed by atoms with Gasteiger partial charge in [0, 0.05) is 12.7 Å². The van der Waals surface area contributed by atoms with Crippen LogP contribution in [-0.4, -0.2) is 16.9 Å². The monoisotopic (exact) mass is 353 g/mol. The van der Waals surface area contributed by atoms with Crippen LogP contribution in [0, 0.1) is 5.82 Å². The van der Waals surface area contributed by atoms with Gasteiger partial charge in [0.25, 0.3) is 0 Å². The van der Waals surface area contributed by atoms with E-state index in [-0.39, 0.29) is 30.6 Å². The van der Waals surface area contributed by atoms with Crippen LogP contribution in [0.15, 0.2) is 42.7 Å². The van der Waals surface area contributed by atoms with Gasteiger partial charge in [0.1, 0.15) is 5.75 Å². The van der Waals surface area contributed by atoms with Crippen LogP contribution in [0.4, 0.5) is 4.39 Å². The lowest BCUT2D eigenvalue weighted by molar-refractivity contribution is -0.122. The molecule has 1 atom stereocenters. The highest BCUT2D eigenvalue weighted by atomic mass is 35.5. The molecule has 0 aliphatic rings. The van der Waals surface area contributed by atoms with Gasteiger partial charge in [0.2, 0.25) is 5.91 Å². The van der Waals surface area contributed by atoms with E-state index < -0.39 is 11.9 Å². The van der Waals surface area contributed by atoms with E-state index in [1.165, 1.54) is 18.3 Å². The van der Waals surface area contributed by atoms with Gasteiger partial charge >= 0.3 is 0 Å². The predicted octanol–water partition coefficient (Wildman–Crippen LogP) is 3.18. The van der Waals surface area contributed by atoms with Crippen LogP contribution in [0.3, 0.4) is 0 Å². The van der Waals surface area contributed by atoms with Crippen molar-refractivity contribution in [3.05, 3.63) is 54.1 Å². The number of aromatic nitrogens is 1. The lowest BCUT2D eigenvalue weighted by atomic mass is 10.1. The molecule has 0 aliphatic heterocycles. The number of hydrogen-bond donors (Lipinski definition) is 2. The van der Waals surface area contributed by atoms with Crippen molar-refractivity contribution >= 4 is 18.3 Å². The smallest absolute Gasteiger partial charge is 0.237 e. The number of halogens is 2. The van der Waals surface area contributed by atoms with E-state index in [0.29, 0.717) is 17.7 Å². The molecule has 2 aromatic rings. The third kappa shape index (κ3) is 5.79. The van der Waals surface area contributed by atoms with Crippen molar-refractivity contribution in [3.63, 3.8) is 0 Å². The second-order valence-electron chi connectivity index (χ2n) is 5.17. The number of rotatable bonds is 7. The first kappa shape index (κ1) is 19.9. The zero-order valence-electron chi connectivity index (χ0n) is 13.4. The zero-order valence-corrected chi connectivity index (χ0v) is 14.2. The molecule has 1 amide bonds. The van der Waals surface area contributed by atoms with Crippen LogP contribution in [0.2, 0.25) is 0 Å². The molecule has 2 rings (SSSR count). The normalized spacial score (nSPS) is 11.3. The summed E-state index contributed by atoms with van der Waals surface area (Å²) in [5, 5.41) is 2.70. The van der Waals surface area contributed by atoms with Gasteiger partial charge in [-0.3, -0.25) is 9.78 Å². The van der Waals surface area contributed by atoms with Crippen molar-refractivity contribution < 1.29 is 13.9 Å². The summed E-state index contributed by atoms with van der Waals surface area (Å²) in [6.45, 7) is 2.18. The van der Waals surface area contributed by atoms with Gasteiger partial charge in [0.05, 0.1) is 12.2 Å². The van der Waals surface area contributed by atoms with Crippen LogP contribution >= 0.6 is 12.4 Å². The molecule has 0 saturated heterocycles. The molecular formula is C17H21ClFN3O2. The number of nitrogens with two attached hydrogens (primary N) is 1. The number of amides is 1. The summed E-state index contributed by atoms with van der Waals surface area (Å²) in [4.78, 5) is 15.6. The highest BCUT2D eigenvalue weighted by Gasteiger charge is 2.12. The van der Waals surface area contributed by atoms with Gasteiger partial charge in [-0.1, -0.05) is 19.4 Å². The minimum atomic E-state index is -0.530. The predicted molar refractivity (Wildman–Crippen MR) is 92.7 cm³/mol. The van der Waals surface area contributed by atoms with Gasteiger partial charge in [-0.05, 0) is 36.2 Å². The average Bonchev–Trinajstić information content (AvgIpc) is 2.56. The van der Waals surface area contributed by atoms with Crippen molar-refractivity contribution in [3.8, 4) is 11.5 Å². The van der Waals surface area contributed by atoms with Gasteiger partial charge in [0.15, 0.2) is 11.6 Å². The molecule has 7 heteroatoms. The summed E-state index contributed by atoms with van der Waals surface area (Å²) in [6, 6.07) is 7.41. The van der Waals surface area contributed by atoms with E-state index in [2.05, 4.69) is 10.3 Å². The van der Waals surface area contributed by atoms with Gasteiger partial charge in [-0.25, -0.2) is 4.39 Å². The molecule has 1 aromatic carbocycles. The molecule has 0 spiro atoms. The van der Waals surface area contributed by atoms with Crippen molar-refractivity contribution in [2.45, 2.75) is 32.4 Å². The van der Waals surface area contributed by atoms with Crippen LogP contribution in [0.1, 0.15) is 25.3 Å². The van der Waals surface area contributed by atoms with Gasteiger partial charge < -0.3 is 15.8 Å². The first-order chi connectivity index (χ1) is 11.1. The molecule has 1 unspecified atom stereocenters. The van der Waals surface area contributed by atoms with Gasteiger partial charge in [-0.15, -0.1) is 12.4 Å². The summed E-state index contributed by atoms with van der Waals surface area (Å²) in [7, 11) is 0. The second kappa shape index (κ2) is 9.85. The first-order valence-corrected chi connectivity index (χ1v) is 7.49. The maximum atomic E-state index is 14.1. The van der Waals surface area contributed by atoms with E-state index in [4.69, 9.17) is 10.5 Å². The topological polar surface area (TPSA) is 77.2 Å². The maximum Gasteiger partial charge on any atom is 0.237 e. The molecule has 0 bridgehead atoms. The van der Waals surface area contributed by atoms with Crippen molar-refractivity contribution in [2.75, 3.05) is 0 Å². The van der Waals surface area contributed by atoms with E-state index in [1.54, 1.807) is 24.4 Å². The molecule has 0 saturated carbocycles. The van der Waals surface area contributed by atoms with E-state index >= 15 is 0 Å². The number of ether oxygens (including phenoxy) is 1. The summed E-state index contributed by atoms with van der Waals surface area (Å²) in [6.07, 6.45) is 4.57. The van der Waals surface area contributed by atoms with Crippen molar-refractivity contribution in [1.29, 1.82) is 0 Å². The highest BCUT2D eigenvalue weighted by Crippen LogP contribution is 2.24. The minimum absolute atomic E-state index is 0. The molecule has 0 radical (unpaired) electrons. The lowest BCUT2D eigenvalue weighted by Gasteiger charge is -2.12. The number of nitrogens with zero attached hydrogens (tertiary/aromatic N) is 1. The number of hydrogen-bond acceptors (Lipinski definition) is 4. The summed E-state index contributed by atoms with van der Waals surface area (Å²) in [5.74, 6) is -0.171. The number of carbonyl (C=O) groups is 1. The first-order valence-electron chi connectivity index (χ1n) is 7.49. The lowest BCUT2D eigenvalue weighted by Crippen LogP contribution is -2.40. The summed E-state index contributed by atoms with van der Waals surface area (Å²) < 4.78 is 19.5. The fraction of sp³-hybridized carbons (Fsp3) is 0.294. The number of benzene rings is 1. The quantitative estimate of drug-likeness (QED) is 0.801. The van der Waals surface area contributed by atoms with E-state index in [0.717, 1.165) is 6.42 Å². The highest BCUT2D eigenvalue weighted by molar-refractivity contribution is 5.85. The van der Waals surface area contributed by atoms with Gasteiger partial charge in [-0.2, -0.15) is 0 Å². The van der Waals surface area contributed by atoms with Crippen molar-refractivity contribution in [2.24, 2.45) is 5.73 Å². The fourth-order valence-corrected chi connectivity index (χ4v) is 2.03. The Morgan fingerprint density at radius 3 is 2.83 bits per heavy atom. The second-order valence-corrected chi connectivity index (χ2v) is 5.17. The largest absolute Gasteiger partial charge is 0.453 e. The zero-order chi connectivity index (χ0) is 16.7. The van der Waals surface area contributed by atoms with Crippen LogP contribution in [0.25, 0.3) is 0 Å². The van der Waals surface area contributed by atoms with E-state index in [9.17, 15) is 9.18 Å². The fourth-order valence-electron chi connectivity index (χ4n) is 2.03. The van der Waals surface area contributed by atoms with Crippen LogP contribution in [0.5, 0.6) is 11.5 Å². The Hall–Kier alpha value is -2.18. The third-order valence-corrected chi connectivity index (χ3v) is 3.26. The summed E-state index contributed by atoms with van der Waals surface area (Å²) >= 11 is 0.